The molecule has 0 saturated heterocycles. The predicted octanol–water partition coefficient (Wildman–Crippen LogP) is 5.06. The van der Waals surface area contributed by atoms with Gasteiger partial charge in [-0.3, -0.25) is 9.69 Å². The fourth-order valence-electron chi connectivity index (χ4n) is 4.70. The number of hydrogen-bond acceptors (Lipinski definition) is 2. The molecule has 0 amide bonds. The summed E-state index contributed by atoms with van der Waals surface area (Å²) in [4.78, 5) is 13.1. The Morgan fingerprint density at radius 2 is 1.66 bits per heavy atom. The summed E-state index contributed by atoms with van der Waals surface area (Å²) in [5.41, 5.74) is 6.62. The van der Waals surface area contributed by atoms with Crippen LogP contribution < -0.4 is 0 Å². The number of rotatable bonds is 6. The molecule has 29 heavy (non-hydrogen) atoms. The van der Waals surface area contributed by atoms with Gasteiger partial charge in [-0.25, -0.2) is 0 Å². The molecule has 3 aromatic carbocycles. The molecule has 1 N–H and O–H groups in total. The van der Waals surface area contributed by atoms with E-state index in [1.165, 1.54) is 27.8 Å². The molecule has 4 rings (SSSR count). The fraction of sp³-hybridized carbons (Fsp3) is 0.269. The highest BCUT2D eigenvalue weighted by Crippen LogP contribution is 2.42. The van der Waals surface area contributed by atoms with Gasteiger partial charge in [0.15, 0.2) is 0 Å². The van der Waals surface area contributed by atoms with E-state index in [-0.39, 0.29) is 6.54 Å². The first-order chi connectivity index (χ1) is 14.1. The van der Waals surface area contributed by atoms with E-state index in [4.69, 9.17) is 5.11 Å². The molecule has 3 nitrogen and oxygen atoms in total. The van der Waals surface area contributed by atoms with Gasteiger partial charge in [0.25, 0.3) is 0 Å². The van der Waals surface area contributed by atoms with Crippen LogP contribution in [0.3, 0.4) is 0 Å². The molecule has 0 heterocycles. The molecule has 0 saturated carbocycles. The number of benzene rings is 3. The second-order valence-electron chi connectivity index (χ2n) is 8.06. The van der Waals surface area contributed by atoms with Crippen molar-refractivity contribution in [2.75, 3.05) is 20.1 Å². The molecule has 0 fully saturated rings. The maximum atomic E-state index is 11.1. The normalized spacial score (nSPS) is 18.4. The minimum atomic E-state index is -0.771. The molecular formula is C26H27NO2. The van der Waals surface area contributed by atoms with Crippen LogP contribution >= 0.6 is 0 Å². The average Bonchev–Trinajstić information content (AvgIpc) is 2.74. The van der Waals surface area contributed by atoms with Crippen LogP contribution in [0, 0.1) is 5.92 Å². The van der Waals surface area contributed by atoms with Crippen molar-refractivity contribution in [2.45, 2.75) is 18.8 Å². The van der Waals surface area contributed by atoms with Gasteiger partial charge in [-0.1, -0.05) is 78.9 Å². The quantitative estimate of drug-likeness (QED) is 0.644. The summed E-state index contributed by atoms with van der Waals surface area (Å²) in [5.74, 6) is -0.0784. The molecule has 2 atom stereocenters. The van der Waals surface area contributed by atoms with Crippen LogP contribution in [0.2, 0.25) is 0 Å². The summed E-state index contributed by atoms with van der Waals surface area (Å²) in [6.45, 7) is 0.865. The number of likely N-dealkylation sites (N-methyl/N-ethyl adjacent to an activating group) is 1. The lowest BCUT2D eigenvalue weighted by Gasteiger charge is -2.36. The zero-order valence-corrected chi connectivity index (χ0v) is 16.8. The molecular weight excluding hydrogens is 358 g/mol. The third kappa shape index (κ3) is 4.41. The summed E-state index contributed by atoms with van der Waals surface area (Å²) >= 11 is 0. The van der Waals surface area contributed by atoms with Gasteiger partial charge in [-0.05, 0) is 53.6 Å². The summed E-state index contributed by atoms with van der Waals surface area (Å²) in [6, 6.07) is 28.0. The maximum absolute atomic E-state index is 11.1. The Morgan fingerprint density at radius 1 is 0.966 bits per heavy atom. The number of carboxylic acids is 1. The number of carboxylic acid groups (broad SMARTS) is 1. The van der Waals surface area contributed by atoms with Crippen molar-refractivity contribution in [2.24, 2.45) is 5.92 Å². The third-order valence-electron chi connectivity index (χ3n) is 5.95. The Hall–Kier alpha value is -2.91. The number of carbonyl (C=O) groups is 1. The van der Waals surface area contributed by atoms with Gasteiger partial charge in [-0.2, -0.15) is 0 Å². The lowest BCUT2D eigenvalue weighted by atomic mass is 9.71. The molecule has 3 heteroatoms. The molecule has 3 aromatic rings. The van der Waals surface area contributed by atoms with E-state index in [0.29, 0.717) is 11.8 Å². The highest BCUT2D eigenvalue weighted by molar-refractivity contribution is 5.69. The summed E-state index contributed by atoms with van der Waals surface area (Å²) in [6.07, 6.45) is 2.10. The first-order valence-corrected chi connectivity index (χ1v) is 10.3. The zero-order valence-electron chi connectivity index (χ0n) is 16.8. The predicted molar refractivity (Wildman–Crippen MR) is 117 cm³/mol. The summed E-state index contributed by atoms with van der Waals surface area (Å²) in [7, 11) is 1.91. The van der Waals surface area contributed by atoms with Gasteiger partial charge in [-0.15, -0.1) is 0 Å². The van der Waals surface area contributed by atoms with Gasteiger partial charge < -0.3 is 5.11 Å². The molecule has 0 spiro atoms. The van der Waals surface area contributed by atoms with E-state index in [0.717, 1.165) is 19.4 Å². The lowest BCUT2D eigenvalue weighted by Crippen LogP contribution is -2.35. The first kappa shape index (κ1) is 19.4. The topological polar surface area (TPSA) is 40.5 Å². The third-order valence-corrected chi connectivity index (χ3v) is 5.95. The minimum Gasteiger partial charge on any atom is -0.480 e. The van der Waals surface area contributed by atoms with Crippen LogP contribution in [-0.4, -0.2) is 36.1 Å². The zero-order chi connectivity index (χ0) is 20.2. The van der Waals surface area contributed by atoms with E-state index >= 15 is 0 Å². The smallest absolute Gasteiger partial charge is 0.317 e. The second-order valence-corrected chi connectivity index (χ2v) is 8.06. The maximum Gasteiger partial charge on any atom is 0.317 e. The number of nitrogens with zero attached hydrogens (tertiary/aromatic N) is 1. The van der Waals surface area contributed by atoms with Crippen LogP contribution in [0.25, 0.3) is 11.1 Å². The molecule has 1 aliphatic carbocycles. The SMILES string of the molecule is CN(CC(=O)O)C[C@H]1CCc2cc(-c3ccccc3)ccc2[C@H]1c1ccccc1. The van der Waals surface area contributed by atoms with E-state index in [2.05, 4.69) is 72.8 Å². The highest BCUT2D eigenvalue weighted by Gasteiger charge is 2.31. The van der Waals surface area contributed by atoms with Gasteiger partial charge in [0, 0.05) is 12.5 Å². The fourth-order valence-corrected chi connectivity index (χ4v) is 4.70. The Balaban J connectivity index is 1.69. The summed E-state index contributed by atoms with van der Waals surface area (Å²) in [5, 5.41) is 9.15. The highest BCUT2D eigenvalue weighted by atomic mass is 16.4. The molecule has 148 valence electrons. The van der Waals surface area contributed by atoms with Gasteiger partial charge >= 0.3 is 5.97 Å². The first-order valence-electron chi connectivity index (χ1n) is 10.3. The van der Waals surface area contributed by atoms with Crippen molar-refractivity contribution in [3.05, 3.63) is 95.6 Å². The van der Waals surface area contributed by atoms with Crippen LogP contribution in [0.4, 0.5) is 0 Å². The Morgan fingerprint density at radius 3 is 2.34 bits per heavy atom. The molecule has 1 aliphatic rings. The molecule has 0 bridgehead atoms. The van der Waals surface area contributed by atoms with Crippen molar-refractivity contribution in [3.8, 4) is 11.1 Å². The number of hydrogen-bond donors (Lipinski definition) is 1. The van der Waals surface area contributed by atoms with Crippen molar-refractivity contribution < 1.29 is 9.90 Å². The van der Waals surface area contributed by atoms with E-state index < -0.39 is 5.97 Å². The molecule has 0 unspecified atom stereocenters. The van der Waals surface area contributed by atoms with Gasteiger partial charge in [0.1, 0.15) is 0 Å². The van der Waals surface area contributed by atoms with Crippen LogP contribution in [0.5, 0.6) is 0 Å². The standard InChI is InChI=1S/C26H27NO2/c1-27(18-25(28)29)17-23-13-12-22-16-21(19-8-4-2-5-9-19)14-15-24(22)26(23)20-10-6-3-7-11-20/h2-11,14-16,23,26H,12-13,17-18H2,1H3,(H,28,29)/t23-,26+/m1/s1. The van der Waals surface area contributed by atoms with E-state index in [1.54, 1.807) is 0 Å². The Bertz CT molecular complexity index is 969. The molecule has 0 aliphatic heterocycles. The van der Waals surface area contributed by atoms with Crippen LogP contribution in [0.15, 0.2) is 78.9 Å². The largest absolute Gasteiger partial charge is 0.480 e. The van der Waals surface area contributed by atoms with Crippen LogP contribution in [0.1, 0.15) is 29.0 Å². The lowest BCUT2D eigenvalue weighted by molar-refractivity contribution is -0.138. The number of aryl methyl sites for hydroxylation is 1. The van der Waals surface area contributed by atoms with E-state index in [9.17, 15) is 4.79 Å². The minimum absolute atomic E-state index is 0.0812. The van der Waals surface area contributed by atoms with Crippen molar-refractivity contribution in [1.82, 2.24) is 4.90 Å². The summed E-state index contributed by atoms with van der Waals surface area (Å²) < 4.78 is 0. The molecule has 0 radical (unpaired) electrons. The average molecular weight is 386 g/mol. The monoisotopic (exact) mass is 385 g/mol. The molecule has 0 aromatic heterocycles. The van der Waals surface area contributed by atoms with Gasteiger partial charge in [0.2, 0.25) is 0 Å². The second kappa shape index (κ2) is 8.62. The van der Waals surface area contributed by atoms with Crippen molar-refractivity contribution >= 4 is 5.97 Å². The van der Waals surface area contributed by atoms with Gasteiger partial charge in [0.05, 0.1) is 6.54 Å². The van der Waals surface area contributed by atoms with Crippen molar-refractivity contribution in [1.29, 1.82) is 0 Å². The van der Waals surface area contributed by atoms with Crippen LogP contribution in [-0.2, 0) is 11.2 Å². The Labute approximate surface area is 172 Å². The number of fused-ring (bicyclic) bond motifs is 1. The number of aliphatic carboxylic acids is 1. The van der Waals surface area contributed by atoms with E-state index in [1.807, 2.05) is 18.0 Å². The van der Waals surface area contributed by atoms with Crippen molar-refractivity contribution in [3.63, 3.8) is 0 Å². The Kier molecular flexibility index (Phi) is 5.77.